The second-order valence-corrected chi connectivity index (χ2v) is 5.29. The van der Waals surface area contributed by atoms with Crippen molar-refractivity contribution in [2.45, 2.75) is 10.1 Å². The Morgan fingerprint density at radius 3 is 2.68 bits per heavy atom. The van der Waals surface area contributed by atoms with Crippen molar-refractivity contribution < 1.29 is 9.13 Å². The topological polar surface area (TPSA) is 35.2 Å². The Hall–Kier alpha value is -1.52. The monoisotopic (exact) mass is 277 g/mol. The zero-order chi connectivity index (χ0) is 13.7. The fourth-order valence-electron chi connectivity index (χ4n) is 1.83. The van der Waals surface area contributed by atoms with E-state index in [1.165, 1.54) is 12.1 Å². The normalized spacial score (nSPS) is 12.2. The highest BCUT2D eigenvalue weighted by Gasteiger charge is 2.14. The van der Waals surface area contributed by atoms with Crippen molar-refractivity contribution in [1.29, 1.82) is 0 Å². The number of ether oxygens (including phenoxy) is 1. The second-order valence-electron chi connectivity index (χ2n) is 4.05. The number of halogens is 1. The van der Waals surface area contributed by atoms with Gasteiger partial charge < -0.3 is 10.5 Å². The Balaban J connectivity index is 2.24. The van der Waals surface area contributed by atoms with Gasteiger partial charge in [-0.15, -0.1) is 11.8 Å². The van der Waals surface area contributed by atoms with E-state index in [-0.39, 0.29) is 11.1 Å². The molecule has 2 aromatic carbocycles. The summed E-state index contributed by atoms with van der Waals surface area (Å²) in [5.41, 5.74) is 6.70. The van der Waals surface area contributed by atoms with E-state index in [9.17, 15) is 4.39 Å². The molecular formula is C15H16FNOS. The smallest absolute Gasteiger partial charge is 0.132 e. The summed E-state index contributed by atoms with van der Waals surface area (Å²) in [6.45, 7) is 0.437. The molecule has 4 heteroatoms. The summed E-state index contributed by atoms with van der Waals surface area (Å²) in [4.78, 5) is 1.00. The van der Waals surface area contributed by atoms with Gasteiger partial charge in [-0.2, -0.15) is 0 Å². The number of thioether (sulfide) groups is 1. The van der Waals surface area contributed by atoms with Gasteiger partial charge in [0.2, 0.25) is 0 Å². The van der Waals surface area contributed by atoms with Crippen molar-refractivity contribution in [2.75, 3.05) is 13.7 Å². The summed E-state index contributed by atoms with van der Waals surface area (Å²) < 4.78 is 18.6. The van der Waals surface area contributed by atoms with Gasteiger partial charge in [0.05, 0.1) is 7.11 Å². The predicted octanol–water partition coefficient (Wildman–Crippen LogP) is 3.63. The zero-order valence-corrected chi connectivity index (χ0v) is 11.5. The van der Waals surface area contributed by atoms with Gasteiger partial charge in [0.1, 0.15) is 11.6 Å². The fourth-order valence-corrected chi connectivity index (χ4v) is 2.94. The summed E-state index contributed by atoms with van der Waals surface area (Å²) in [6, 6.07) is 14.3. The van der Waals surface area contributed by atoms with Crippen molar-refractivity contribution in [3.63, 3.8) is 0 Å². The molecule has 1 atom stereocenters. The van der Waals surface area contributed by atoms with E-state index in [0.29, 0.717) is 6.54 Å². The van der Waals surface area contributed by atoms with Gasteiger partial charge in [-0.25, -0.2) is 4.39 Å². The van der Waals surface area contributed by atoms with Crippen LogP contribution in [0, 0.1) is 5.82 Å². The van der Waals surface area contributed by atoms with Crippen LogP contribution in [0.4, 0.5) is 4.39 Å². The van der Waals surface area contributed by atoms with Crippen LogP contribution in [0.15, 0.2) is 53.4 Å². The molecule has 0 fully saturated rings. The first kappa shape index (κ1) is 13.9. The second kappa shape index (κ2) is 6.59. The third kappa shape index (κ3) is 3.49. The van der Waals surface area contributed by atoms with Crippen LogP contribution in [-0.2, 0) is 0 Å². The van der Waals surface area contributed by atoms with Gasteiger partial charge in [-0.3, -0.25) is 0 Å². The Morgan fingerprint density at radius 1 is 1.21 bits per heavy atom. The number of para-hydroxylation sites is 1. The first-order valence-corrected chi connectivity index (χ1v) is 6.87. The molecule has 0 saturated heterocycles. The minimum absolute atomic E-state index is 0.00648. The van der Waals surface area contributed by atoms with E-state index < -0.39 is 0 Å². The van der Waals surface area contributed by atoms with Gasteiger partial charge in [0.25, 0.3) is 0 Å². The fraction of sp³-hybridized carbons (Fsp3) is 0.200. The number of hydrogen-bond donors (Lipinski definition) is 1. The molecule has 0 heterocycles. The van der Waals surface area contributed by atoms with Crippen LogP contribution >= 0.6 is 11.8 Å². The van der Waals surface area contributed by atoms with Crippen molar-refractivity contribution in [1.82, 2.24) is 0 Å². The molecule has 0 saturated carbocycles. The van der Waals surface area contributed by atoms with E-state index in [4.69, 9.17) is 10.5 Å². The molecule has 1 unspecified atom stereocenters. The lowest BCUT2D eigenvalue weighted by Crippen LogP contribution is -2.09. The van der Waals surface area contributed by atoms with Crippen LogP contribution < -0.4 is 10.5 Å². The lowest BCUT2D eigenvalue weighted by molar-refractivity contribution is 0.404. The molecule has 2 rings (SSSR count). The standard InChI is InChI=1S/C15H16FNOS/c1-18-13-7-2-3-8-14(13)19-15(10-17)11-5-4-6-12(16)9-11/h2-9,15H,10,17H2,1H3. The van der Waals surface area contributed by atoms with Crippen molar-refractivity contribution in [2.24, 2.45) is 5.73 Å². The highest BCUT2D eigenvalue weighted by molar-refractivity contribution is 7.99. The Bertz CT molecular complexity index is 547. The highest BCUT2D eigenvalue weighted by atomic mass is 32.2. The highest BCUT2D eigenvalue weighted by Crippen LogP contribution is 2.39. The molecule has 0 aliphatic heterocycles. The molecular weight excluding hydrogens is 261 g/mol. The van der Waals surface area contributed by atoms with Gasteiger partial charge >= 0.3 is 0 Å². The molecule has 0 amide bonds. The third-order valence-electron chi connectivity index (χ3n) is 2.77. The molecule has 0 aliphatic carbocycles. The zero-order valence-electron chi connectivity index (χ0n) is 10.7. The van der Waals surface area contributed by atoms with E-state index in [1.807, 2.05) is 30.3 Å². The average Bonchev–Trinajstić information content (AvgIpc) is 2.45. The molecule has 19 heavy (non-hydrogen) atoms. The van der Waals surface area contributed by atoms with Gasteiger partial charge in [0, 0.05) is 16.7 Å². The first-order chi connectivity index (χ1) is 9.24. The minimum atomic E-state index is -0.239. The SMILES string of the molecule is COc1ccccc1SC(CN)c1cccc(F)c1. The van der Waals surface area contributed by atoms with E-state index in [2.05, 4.69) is 0 Å². The van der Waals surface area contributed by atoms with Crippen LogP contribution in [0.5, 0.6) is 5.75 Å². The number of methoxy groups -OCH3 is 1. The van der Waals surface area contributed by atoms with Crippen LogP contribution in [0.2, 0.25) is 0 Å². The quantitative estimate of drug-likeness (QED) is 0.848. The van der Waals surface area contributed by atoms with Gasteiger partial charge in [-0.1, -0.05) is 24.3 Å². The minimum Gasteiger partial charge on any atom is -0.496 e. The lowest BCUT2D eigenvalue weighted by Gasteiger charge is -2.16. The summed E-state index contributed by atoms with van der Waals surface area (Å²) in [5, 5.41) is 0.00648. The largest absolute Gasteiger partial charge is 0.496 e. The molecule has 2 nitrogen and oxygen atoms in total. The number of rotatable bonds is 5. The molecule has 0 radical (unpaired) electrons. The Kier molecular flexibility index (Phi) is 4.82. The molecule has 0 spiro atoms. The third-order valence-corrected chi connectivity index (χ3v) is 4.11. The van der Waals surface area contributed by atoms with Crippen molar-refractivity contribution in [3.8, 4) is 5.75 Å². The van der Waals surface area contributed by atoms with Crippen LogP contribution in [-0.4, -0.2) is 13.7 Å². The van der Waals surface area contributed by atoms with Crippen LogP contribution in [0.25, 0.3) is 0 Å². The summed E-state index contributed by atoms with van der Waals surface area (Å²) >= 11 is 1.59. The molecule has 0 aliphatic rings. The molecule has 2 aromatic rings. The maximum atomic E-state index is 13.3. The molecule has 100 valence electrons. The average molecular weight is 277 g/mol. The predicted molar refractivity (Wildman–Crippen MR) is 77.0 cm³/mol. The summed E-state index contributed by atoms with van der Waals surface area (Å²) in [7, 11) is 1.64. The lowest BCUT2D eigenvalue weighted by atomic mass is 10.1. The van der Waals surface area contributed by atoms with Gasteiger partial charge in [-0.05, 0) is 29.8 Å². The van der Waals surface area contributed by atoms with E-state index in [1.54, 1.807) is 24.9 Å². The number of hydrogen-bond acceptors (Lipinski definition) is 3. The first-order valence-electron chi connectivity index (χ1n) is 6.00. The number of nitrogens with two attached hydrogens (primary N) is 1. The molecule has 2 N–H and O–H groups in total. The molecule has 0 aromatic heterocycles. The van der Waals surface area contributed by atoms with Crippen LogP contribution in [0.1, 0.15) is 10.8 Å². The summed E-state index contributed by atoms with van der Waals surface area (Å²) in [5.74, 6) is 0.568. The van der Waals surface area contributed by atoms with Crippen molar-refractivity contribution in [3.05, 3.63) is 59.9 Å². The molecule has 0 bridgehead atoms. The number of benzene rings is 2. The maximum absolute atomic E-state index is 13.3. The summed E-state index contributed by atoms with van der Waals surface area (Å²) in [6.07, 6.45) is 0. The van der Waals surface area contributed by atoms with E-state index >= 15 is 0 Å². The van der Waals surface area contributed by atoms with E-state index in [0.717, 1.165) is 16.2 Å². The van der Waals surface area contributed by atoms with Crippen LogP contribution in [0.3, 0.4) is 0 Å². The van der Waals surface area contributed by atoms with Gasteiger partial charge in [0.15, 0.2) is 0 Å². The Morgan fingerprint density at radius 2 is 2.00 bits per heavy atom. The Labute approximate surface area is 116 Å². The maximum Gasteiger partial charge on any atom is 0.132 e. The van der Waals surface area contributed by atoms with Crippen molar-refractivity contribution >= 4 is 11.8 Å².